The van der Waals surface area contributed by atoms with E-state index in [0.717, 1.165) is 15.7 Å². The number of anilines is 2. The largest absolute Gasteiger partial charge is 0.465 e. The topological polar surface area (TPSA) is 51.2 Å². The lowest BCUT2D eigenvalue weighted by Crippen LogP contribution is -1.96. The van der Waals surface area contributed by atoms with Crippen molar-refractivity contribution in [2.24, 2.45) is 0 Å². The molecule has 0 spiro atoms. The quantitative estimate of drug-likeness (QED) is 0.873. The second kappa shape index (κ2) is 5.49. The van der Waals surface area contributed by atoms with Crippen LogP contribution in [0.1, 0.15) is 15.2 Å². The summed E-state index contributed by atoms with van der Waals surface area (Å²) in [5.74, 6) is -0.368. The number of nitrogens with zero attached hydrogens (tertiary/aromatic N) is 1. The van der Waals surface area contributed by atoms with Gasteiger partial charge >= 0.3 is 5.97 Å². The van der Waals surface area contributed by atoms with Crippen LogP contribution in [0.25, 0.3) is 0 Å². The van der Waals surface area contributed by atoms with Crippen LogP contribution in [0.15, 0.2) is 28.9 Å². The molecule has 2 aromatic rings. The molecule has 0 fully saturated rings. The molecule has 0 aliphatic carbocycles. The normalized spacial score (nSPS) is 10.2. The van der Waals surface area contributed by atoms with E-state index >= 15 is 0 Å². The van der Waals surface area contributed by atoms with Gasteiger partial charge < -0.3 is 10.1 Å². The molecule has 1 aromatic carbocycles. The summed E-state index contributed by atoms with van der Waals surface area (Å²) in [6.45, 7) is 2.00. The van der Waals surface area contributed by atoms with Crippen molar-refractivity contribution in [3.8, 4) is 0 Å². The Balaban J connectivity index is 2.18. The van der Waals surface area contributed by atoms with Gasteiger partial charge in [-0.15, -0.1) is 0 Å². The molecule has 0 saturated carbocycles. The van der Waals surface area contributed by atoms with Gasteiger partial charge in [0.1, 0.15) is 4.88 Å². The average molecular weight is 327 g/mol. The van der Waals surface area contributed by atoms with Gasteiger partial charge in [0.2, 0.25) is 0 Å². The van der Waals surface area contributed by atoms with Crippen LogP contribution in [-0.4, -0.2) is 18.1 Å². The first-order valence-corrected chi connectivity index (χ1v) is 6.78. The number of rotatable bonds is 3. The second-order valence-corrected chi connectivity index (χ2v) is 5.55. The first-order chi connectivity index (χ1) is 8.60. The Kier molecular flexibility index (Phi) is 3.98. The van der Waals surface area contributed by atoms with Crippen LogP contribution in [0.3, 0.4) is 0 Å². The van der Waals surface area contributed by atoms with Crippen LogP contribution in [0, 0.1) is 6.92 Å². The highest BCUT2D eigenvalue weighted by molar-refractivity contribution is 9.10. The van der Waals surface area contributed by atoms with Crippen LogP contribution in [0.2, 0.25) is 0 Å². The van der Waals surface area contributed by atoms with Gasteiger partial charge in [-0.2, -0.15) is 0 Å². The van der Waals surface area contributed by atoms with Crippen molar-refractivity contribution in [2.75, 3.05) is 12.4 Å². The van der Waals surface area contributed by atoms with E-state index in [9.17, 15) is 4.79 Å². The molecule has 0 aliphatic heterocycles. The molecule has 0 aliphatic rings. The van der Waals surface area contributed by atoms with Gasteiger partial charge in [-0.25, -0.2) is 9.78 Å². The number of esters is 1. The lowest BCUT2D eigenvalue weighted by Gasteiger charge is -2.06. The number of halogens is 1. The summed E-state index contributed by atoms with van der Waals surface area (Å²) in [5.41, 5.74) is 2.06. The summed E-state index contributed by atoms with van der Waals surface area (Å²) in [5, 5.41) is 3.84. The Morgan fingerprint density at radius 2 is 2.28 bits per heavy atom. The highest BCUT2D eigenvalue weighted by Gasteiger charge is 2.11. The number of hydrogen-bond acceptors (Lipinski definition) is 5. The summed E-state index contributed by atoms with van der Waals surface area (Å²) in [6, 6.07) is 5.92. The number of hydrogen-bond donors (Lipinski definition) is 1. The summed E-state index contributed by atoms with van der Waals surface area (Å²) in [7, 11) is 1.36. The molecule has 1 N–H and O–H groups in total. The van der Waals surface area contributed by atoms with Gasteiger partial charge in [-0.05, 0) is 30.7 Å². The monoisotopic (exact) mass is 326 g/mol. The van der Waals surface area contributed by atoms with E-state index in [-0.39, 0.29) is 5.97 Å². The summed E-state index contributed by atoms with van der Waals surface area (Å²) < 4.78 is 5.66. The van der Waals surface area contributed by atoms with Gasteiger partial charge in [0, 0.05) is 10.2 Å². The van der Waals surface area contributed by atoms with E-state index in [1.165, 1.54) is 24.6 Å². The van der Waals surface area contributed by atoms with Gasteiger partial charge in [-0.3, -0.25) is 0 Å². The van der Waals surface area contributed by atoms with Gasteiger partial charge in [0.05, 0.1) is 13.3 Å². The number of nitrogens with one attached hydrogen (secondary N) is 1. The zero-order valence-corrected chi connectivity index (χ0v) is 12.3. The van der Waals surface area contributed by atoms with Crippen molar-refractivity contribution in [2.45, 2.75) is 6.92 Å². The lowest BCUT2D eigenvalue weighted by molar-refractivity contribution is 0.0606. The fraction of sp³-hybridized carbons (Fsp3) is 0.167. The molecule has 0 bridgehead atoms. The third kappa shape index (κ3) is 2.88. The zero-order valence-electron chi connectivity index (χ0n) is 9.86. The number of aromatic nitrogens is 1. The fourth-order valence-electron chi connectivity index (χ4n) is 1.41. The van der Waals surface area contributed by atoms with E-state index in [2.05, 4.69) is 31.0 Å². The zero-order chi connectivity index (χ0) is 13.1. The molecule has 0 unspecified atom stereocenters. The molecule has 18 heavy (non-hydrogen) atoms. The molecule has 1 aromatic heterocycles. The van der Waals surface area contributed by atoms with Crippen molar-refractivity contribution in [1.29, 1.82) is 0 Å². The van der Waals surface area contributed by atoms with Crippen molar-refractivity contribution in [3.63, 3.8) is 0 Å². The van der Waals surface area contributed by atoms with Crippen LogP contribution in [0.5, 0.6) is 0 Å². The Morgan fingerprint density at radius 3 is 2.94 bits per heavy atom. The smallest absolute Gasteiger partial charge is 0.349 e. The first kappa shape index (κ1) is 13.0. The van der Waals surface area contributed by atoms with Crippen molar-refractivity contribution >= 4 is 44.1 Å². The number of aryl methyl sites for hydroxylation is 1. The van der Waals surface area contributed by atoms with Crippen LogP contribution < -0.4 is 5.32 Å². The van der Waals surface area contributed by atoms with Crippen LogP contribution in [-0.2, 0) is 4.74 Å². The number of methoxy groups -OCH3 is 1. The van der Waals surface area contributed by atoms with Crippen molar-refractivity contribution < 1.29 is 9.53 Å². The standard InChI is InChI=1S/C12H11BrN2O2S/c1-7-5-8(13)3-4-9(7)15-12-14-6-10(18-12)11(16)17-2/h3-6H,1-2H3,(H,14,15). The minimum absolute atomic E-state index is 0.368. The number of carbonyl (C=O) groups excluding carboxylic acids is 1. The van der Waals surface area contributed by atoms with Crippen LogP contribution >= 0.6 is 27.3 Å². The van der Waals surface area contributed by atoms with Gasteiger partial charge in [0.25, 0.3) is 0 Å². The van der Waals surface area contributed by atoms with E-state index in [4.69, 9.17) is 0 Å². The Hall–Kier alpha value is -1.40. The molecule has 1 heterocycles. The molecular weight excluding hydrogens is 316 g/mol. The van der Waals surface area contributed by atoms with Crippen LogP contribution in [0.4, 0.5) is 10.8 Å². The maximum atomic E-state index is 11.3. The van der Waals surface area contributed by atoms with Gasteiger partial charge in [-0.1, -0.05) is 27.3 Å². The maximum absolute atomic E-state index is 11.3. The molecule has 2 rings (SSSR count). The maximum Gasteiger partial charge on any atom is 0.349 e. The number of benzene rings is 1. The SMILES string of the molecule is COC(=O)c1cnc(Nc2ccc(Br)cc2C)s1. The van der Waals surface area contributed by atoms with E-state index in [0.29, 0.717) is 10.0 Å². The molecule has 94 valence electrons. The molecule has 0 atom stereocenters. The molecule has 0 amide bonds. The molecule has 4 nitrogen and oxygen atoms in total. The fourth-order valence-corrected chi connectivity index (χ4v) is 2.63. The predicted octanol–water partition coefficient (Wildman–Crippen LogP) is 3.74. The van der Waals surface area contributed by atoms with Crippen molar-refractivity contribution in [3.05, 3.63) is 39.3 Å². The lowest BCUT2D eigenvalue weighted by atomic mass is 10.2. The Labute approximate surface area is 117 Å². The molecule has 0 radical (unpaired) electrons. The summed E-state index contributed by atoms with van der Waals surface area (Å²) in [6.07, 6.45) is 1.51. The van der Waals surface area contributed by atoms with Crippen molar-refractivity contribution in [1.82, 2.24) is 4.98 Å². The van der Waals surface area contributed by atoms with E-state index < -0.39 is 0 Å². The second-order valence-electron chi connectivity index (χ2n) is 3.61. The average Bonchev–Trinajstić information content (AvgIpc) is 2.80. The van der Waals surface area contributed by atoms with Gasteiger partial charge in [0.15, 0.2) is 5.13 Å². The number of ether oxygens (including phenoxy) is 1. The number of carbonyl (C=O) groups is 1. The highest BCUT2D eigenvalue weighted by atomic mass is 79.9. The van der Waals surface area contributed by atoms with E-state index in [1.807, 2.05) is 25.1 Å². The minimum Gasteiger partial charge on any atom is -0.465 e. The molecule has 0 saturated heterocycles. The molecule has 6 heteroatoms. The predicted molar refractivity (Wildman–Crippen MR) is 75.6 cm³/mol. The molecular formula is C12H11BrN2O2S. The Morgan fingerprint density at radius 1 is 1.50 bits per heavy atom. The third-order valence-electron chi connectivity index (χ3n) is 2.32. The van der Waals surface area contributed by atoms with E-state index in [1.54, 1.807) is 0 Å². The Bertz CT molecular complexity index is 583. The summed E-state index contributed by atoms with van der Waals surface area (Å²) in [4.78, 5) is 15.9. The highest BCUT2D eigenvalue weighted by Crippen LogP contribution is 2.26. The first-order valence-electron chi connectivity index (χ1n) is 5.17. The minimum atomic E-state index is -0.368. The third-order valence-corrected chi connectivity index (χ3v) is 3.71. The summed E-state index contributed by atoms with van der Waals surface area (Å²) >= 11 is 4.68. The number of thiazole rings is 1.